The second-order valence-electron chi connectivity index (χ2n) is 7.51. The lowest BCUT2D eigenvalue weighted by Gasteiger charge is -2.21. The highest BCUT2D eigenvalue weighted by Gasteiger charge is 2.17. The molecule has 1 unspecified atom stereocenters. The first kappa shape index (κ1) is 22.7. The van der Waals surface area contributed by atoms with E-state index in [0.29, 0.717) is 35.4 Å². The number of benzene rings is 2. The summed E-state index contributed by atoms with van der Waals surface area (Å²) in [6.07, 6.45) is 0. The standard InChI is InChI=1S/C23H24N4O5S/c1-14-3-6-17(7-4-14)25-22(29)23-27-26-21(33-23)13-30-12-20(28)24-15(2)16-5-8-18-19(11-16)32-10-9-31-18/h3-8,11,15H,9-10,12-13H2,1-2H3,(H,24,28)(H,25,29). The lowest BCUT2D eigenvalue weighted by atomic mass is 10.1. The Bertz CT molecular complexity index is 1130. The van der Waals surface area contributed by atoms with Crippen molar-refractivity contribution in [1.82, 2.24) is 15.5 Å². The molecule has 2 heterocycles. The van der Waals surface area contributed by atoms with Crippen molar-refractivity contribution in [2.24, 2.45) is 0 Å². The van der Waals surface area contributed by atoms with Gasteiger partial charge < -0.3 is 24.8 Å². The predicted molar refractivity (Wildman–Crippen MR) is 123 cm³/mol. The van der Waals surface area contributed by atoms with Gasteiger partial charge in [-0.3, -0.25) is 9.59 Å². The van der Waals surface area contributed by atoms with Crippen molar-refractivity contribution < 1.29 is 23.8 Å². The smallest absolute Gasteiger partial charge is 0.286 e. The molecule has 0 radical (unpaired) electrons. The molecule has 1 aromatic heterocycles. The molecule has 2 aromatic carbocycles. The van der Waals surface area contributed by atoms with Gasteiger partial charge in [-0.2, -0.15) is 0 Å². The molecule has 4 rings (SSSR count). The monoisotopic (exact) mass is 468 g/mol. The molecule has 0 fully saturated rings. The Kier molecular flexibility index (Phi) is 7.16. The number of amides is 2. The number of ether oxygens (including phenoxy) is 3. The Labute approximate surface area is 195 Å². The molecule has 2 N–H and O–H groups in total. The van der Waals surface area contributed by atoms with E-state index in [4.69, 9.17) is 14.2 Å². The summed E-state index contributed by atoms with van der Waals surface area (Å²) in [6, 6.07) is 12.8. The van der Waals surface area contributed by atoms with Crippen LogP contribution in [0.1, 0.15) is 38.9 Å². The Balaban J connectivity index is 1.22. The molecule has 1 aliphatic rings. The van der Waals surface area contributed by atoms with Gasteiger partial charge in [0.05, 0.1) is 6.04 Å². The number of hydrogen-bond donors (Lipinski definition) is 2. The number of carbonyl (C=O) groups is 2. The average Bonchev–Trinajstić information content (AvgIpc) is 3.29. The van der Waals surface area contributed by atoms with E-state index in [1.165, 1.54) is 0 Å². The number of carbonyl (C=O) groups excluding carboxylic acids is 2. The van der Waals surface area contributed by atoms with Gasteiger partial charge in [0.25, 0.3) is 5.91 Å². The number of nitrogens with zero attached hydrogens (tertiary/aromatic N) is 2. The molecule has 2 amide bonds. The van der Waals surface area contributed by atoms with Gasteiger partial charge in [-0.15, -0.1) is 10.2 Å². The Hall–Kier alpha value is -3.50. The van der Waals surface area contributed by atoms with Crippen LogP contribution in [0.4, 0.5) is 5.69 Å². The second-order valence-corrected chi connectivity index (χ2v) is 8.57. The summed E-state index contributed by atoms with van der Waals surface area (Å²) in [5.74, 6) is 0.776. The van der Waals surface area contributed by atoms with Crippen molar-refractivity contribution in [2.75, 3.05) is 25.1 Å². The summed E-state index contributed by atoms with van der Waals surface area (Å²) in [4.78, 5) is 24.6. The van der Waals surface area contributed by atoms with E-state index in [1.807, 2.05) is 56.3 Å². The van der Waals surface area contributed by atoms with Crippen molar-refractivity contribution in [1.29, 1.82) is 0 Å². The second kappa shape index (κ2) is 10.4. The zero-order chi connectivity index (χ0) is 23.2. The van der Waals surface area contributed by atoms with Gasteiger partial charge in [-0.05, 0) is 43.7 Å². The van der Waals surface area contributed by atoms with Gasteiger partial charge in [0.1, 0.15) is 31.4 Å². The first-order chi connectivity index (χ1) is 16.0. The minimum Gasteiger partial charge on any atom is -0.486 e. The van der Waals surface area contributed by atoms with Gasteiger partial charge >= 0.3 is 0 Å². The summed E-state index contributed by atoms with van der Waals surface area (Å²) in [5, 5.41) is 14.3. The maximum absolute atomic E-state index is 12.3. The molecule has 0 spiro atoms. The van der Waals surface area contributed by atoms with Crippen molar-refractivity contribution in [3.63, 3.8) is 0 Å². The summed E-state index contributed by atoms with van der Waals surface area (Å²) in [6.45, 7) is 4.84. The molecule has 9 nitrogen and oxygen atoms in total. The van der Waals surface area contributed by atoms with Crippen LogP contribution < -0.4 is 20.1 Å². The largest absolute Gasteiger partial charge is 0.486 e. The predicted octanol–water partition coefficient (Wildman–Crippen LogP) is 3.26. The number of anilines is 1. The molecule has 0 bridgehead atoms. The fourth-order valence-corrected chi connectivity index (χ4v) is 3.82. The van der Waals surface area contributed by atoms with E-state index in [0.717, 1.165) is 22.5 Å². The van der Waals surface area contributed by atoms with Crippen molar-refractivity contribution in [3.8, 4) is 11.5 Å². The molecule has 0 aliphatic carbocycles. The van der Waals surface area contributed by atoms with Gasteiger partial charge in [0.2, 0.25) is 10.9 Å². The molecule has 33 heavy (non-hydrogen) atoms. The van der Waals surface area contributed by atoms with E-state index in [2.05, 4.69) is 20.8 Å². The van der Waals surface area contributed by atoms with Gasteiger partial charge in [0, 0.05) is 5.69 Å². The Morgan fingerprint density at radius 2 is 1.85 bits per heavy atom. The Morgan fingerprint density at radius 3 is 2.64 bits per heavy atom. The van der Waals surface area contributed by atoms with Crippen molar-refractivity contribution in [3.05, 3.63) is 63.6 Å². The van der Waals surface area contributed by atoms with Crippen LogP contribution in [0.25, 0.3) is 0 Å². The summed E-state index contributed by atoms with van der Waals surface area (Å²) in [5.41, 5.74) is 2.69. The minimum atomic E-state index is -0.339. The molecule has 0 saturated heterocycles. The third kappa shape index (κ3) is 6.05. The van der Waals surface area contributed by atoms with Gasteiger partial charge in [-0.1, -0.05) is 35.1 Å². The highest BCUT2D eigenvalue weighted by Crippen LogP contribution is 2.32. The van der Waals surface area contributed by atoms with Crippen LogP contribution in [-0.4, -0.2) is 41.8 Å². The third-order valence-electron chi connectivity index (χ3n) is 4.87. The van der Waals surface area contributed by atoms with E-state index in [-0.39, 0.29) is 36.1 Å². The van der Waals surface area contributed by atoms with Crippen LogP contribution in [0, 0.1) is 6.92 Å². The average molecular weight is 469 g/mol. The molecule has 0 saturated carbocycles. The number of aromatic nitrogens is 2. The quantitative estimate of drug-likeness (QED) is 0.522. The molecular weight excluding hydrogens is 444 g/mol. The van der Waals surface area contributed by atoms with Gasteiger partial charge in [-0.25, -0.2) is 0 Å². The Morgan fingerprint density at radius 1 is 1.09 bits per heavy atom. The maximum Gasteiger partial charge on any atom is 0.286 e. The molecule has 3 aromatic rings. The summed E-state index contributed by atoms with van der Waals surface area (Å²) >= 11 is 1.12. The topological polar surface area (TPSA) is 112 Å². The van der Waals surface area contributed by atoms with Crippen LogP contribution in [0.5, 0.6) is 11.5 Å². The third-order valence-corrected chi connectivity index (χ3v) is 5.77. The molecule has 172 valence electrons. The van der Waals surface area contributed by atoms with Crippen LogP contribution in [0.15, 0.2) is 42.5 Å². The molecule has 1 atom stereocenters. The number of hydrogen-bond acceptors (Lipinski definition) is 8. The van der Waals surface area contributed by atoms with Crippen LogP contribution in [0.3, 0.4) is 0 Å². The SMILES string of the molecule is Cc1ccc(NC(=O)c2nnc(COCC(=O)NC(C)c3ccc4c(c3)OCCO4)s2)cc1. The van der Waals surface area contributed by atoms with Crippen molar-refractivity contribution in [2.45, 2.75) is 26.5 Å². The molecule has 10 heteroatoms. The van der Waals surface area contributed by atoms with Gasteiger partial charge in [0.15, 0.2) is 11.5 Å². The number of fused-ring (bicyclic) bond motifs is 1. The first-order valence-corrected chi connectivity index (χ1v) is 11.3. The number of nitrogens with one attached hydrogen (secondary N) is 2. The normalized spacial score (nSPS) is 13.3. The van der Waals surface area contributed by atoms with E-state index in [1.54, 1.807) is 0 Å². The minimum absolute atomic E-state index is 0.0846. The fourth-order valence-electron chi connectivity index (χ4n) is 3.15. The summed E-state index contributed by atoms with van der Waals surface area (Å²) < 4.78 is 16.6. The maximum atomic E-state index is 12.3. The molecule has 1 aliphatic heterocycles. The number of rotatable bonds is 8. The van der Waals surface area contributed by atoms with Crippen molar-refractivity contribution >= 4 is 28.8 Å². The van der Waals surface area contributed by atoms with Crippen LogP contribution in [-0.2, 0) is 16.1 Å². The van der Waals surface area contributed by atoms with E-state index < -0.39 is 0 Å². The number of aryl methyl sites for hydroxylation is 1. The zero-order valence-electron chi connectivity index (χ0n) is 18.3. The lowest BCUT2D eigenvalue weighted by molar-refractivity contribution is -0.126. The van der Waals surface area contributed by atoms with E-state index >= 15 is 0 Å². The van der Waals surface area contributed by atoms with Crippen LogP contribution in [0.2, 0.25) is 0 Å². The highest BCUT2D eigenvalue weighted by molar-refractivity contribution is 7.13. The first-order valence-electron chi connectivity index (χ1n) is 10.4. The van der Waals surface area contributed by atoms with E-state index in [9.17, 15) is 9.59 Å². The lowest BCUT2D eigenvalue weighted by Crippen LogP contribution is -2.30. The van der Waals surface area contributed by atoms with Crippen LogP contribution >= 0.6 is 11.3 Å². The highest BCUT2D eigenvalue weighted by atomic mass is 32.1. The summed E-state index contributed by atoms with van der Waals surface area (Å²) in [7, 11) is 0. The fraction of sp³-hybridized carbons (Fsp3) is 0.304. The zero-order valence-corrected chi connectivity index (χ0v) is 19.1. The molecular formula is C23H24N4O5S.